The van der Waals surface area contributed by atoms with Gasteiger partial charge in [-0.2, -0.15) is 18.3 Å². The van der Waals surface area contributed by atoms with Crippen LogP contribution < -0.4 is 10.3 Å². The van der Waals surface area contributed by atoms with Gasteiger partial charge < -0.3 is 5.32 Å². The van der Waals surface area contributed by atoms with Crippen molar-refractivity contribution in [2.24, 2.45) is 5.10 Å². The minimum Gasteiger partial charge on any atom is -0.305 e. The molecule has 2 rings (SSSR count). The maximum Gasteiger partial charge on any atom is 0.471 e. The number of hydrogen-bond acceptors (Lipinski definition) is 3. The Balaban J connectivity index is 2.13. The third-order valence-corrected chi connectivity index (χ3v) is 2.99. The number of carbonyl (C=O) groups excluding carboxylic acids is 1. The van der Waals surface area contributed by atoms with Gasteiger partial charge in [0.1, 0.15) is 5.84 Å². The summed E-state index contributed by atoms with van der Waals surface area (Å²) >= 11 is 5.77. The minimum atomic E-state index is -4.92. The third-order valence-electron chi connectivity index (χ3n) is 2.74. The summed E-state index contributed by atoms with van der Waals surface area (Å²) in [6.07, 6.45) is -4.69. The van der Waals surface area contributed by atoms with Gasteiger partial charge in [-0.1, -0.05) is 11.6 Å². The van der Waals surface area contributed by atoms with Crippen molar-refractivity contribution in [2.45, 2.75) is 25.6 Å². The molecule has 1 aromatic carbocycles. The first kappa shape index (κ1) is 14.6. The Morgan fingerprint density at radius 1 is 1.40 bits per heavy atom. The Labute approximate surface area is 118 Å². The Hall–Kier alpha value is -1.76. The predicted octanol–water partition coefficient (Wildman–Crippen LogP) is 2.93. The molecular formula is C12H11ClF3N3O. The van der Waals surface area contributed by atoms with Crippen LogP contribution in [-0.2, 0) is 4.79 Å². The quantitative estimate of drug-likeness (QED) is 0.867. The molecule has 0 saturated carbocycles. The summed E-state index contributed by atoms with van der Waals surface area (Å²) in [7, 11) is 0. The number of carbonyl (C=O) groups is 1. The van der Waals surface area contributed by atoms with Crippen LogP contribution in [0.5, 0.6) is 0 Å². The highest BCUT2D eigenvalue weighted by atomic mass is 35.5. The zero-order valence-corrected chi connectivity index (χ0v) is 11.2. The van der Waals surface area contributed by atoms with Gasteiger partial charge in [-0.05, 0) is 31.2 Å². The first-order valence-corrected chi connectivity index (χ1v) is 6.15. The Morgan fingerprint density at radius 3 is 2.55 bits per heavy atom. The van der Waals surface area contributed by atoms with E-state index < -0.39 is 12.1 Å². The molecule has 4 nitrogen and oxygen atoms in total. The Bertz CT molecular complexity index is 542. The lowest BCUT2D eigenvalue weighted by molar-refractivity contribution is -0.171. The van der Waals surface area contributed by atoms with E-state index in [0.29, 0.717) is 10.7 Å². The lowest BCUT2D eigenvalue weighted by Gasteiger charge is -2.19. The average Bonchev–Trinajstić information content (AvgIpc) is 2.70. The summed E-state index contributed by atoms with van der Waals surface area (Å²) in [4.78, 5) is 10.9. The Kier molecular flexibility index (Phi) is 3.89. The van der Waals surface area contributed by atoms with Crippen molar-refractivity contribution >= 4 is 29.0 Å². The standard InChI is InChI=1S/C12H11ClF3N3O/c1-7-6-10(17-11(20)12(14,15)16)18-19(7)9-4-2-8(13)3-5-9/h2-5,7H,6H2,1H3,(H,17,18,20). The van der Waals surface area contributed by atoms with Gasteiger partial charge in [-0.15, -0.1) is 0 Å². The van der Waals surface area contributed by atoms with Gasteiger partial charge in [0.15, 0.2) is 0 Å². The highest BCUT2D eigenvalue weighted by Crippen LogP contribution is 2.25. The third kappa shape index (κ3) is 3.22. The van der Waals surface area contributed by atoms with E-state index in [4.69, 9.17) is 11.6 Å². The van der Waals surface area contributed by atoms with E-state index in [0.717, 1.165) is 0 Å². The molecule has 1 aliphatic heterocycles. The molecule has 1 amide bonds. The van der Waals surface area contributed by atoms with E-state index >= 15 is 0 Å². The highest BCUT2D eigenvalue weighted by molar-refractivity contribution is 6.30. The van der Waals surface area contributed by atoms with Crippen molar-refractivity contribution in [1.29, 1.82) is 0 Å². The van der Waals surface area contributed by atoms with E-state index in [9.17, 15) is 18.0 Å². The van der Waals surface area contributed by atoms with Crippen LogP contribution in [-0.4, -0.2) is 24.0 Å². The number of alkyl halides is 3. The summed E-state index contributed by atoms with van der Waals surface area (Å²) in [5.41, 5.74) is 0.693. The molecule has 1 aromatic rings. The van der Waals surface area contributed by atoms with Crippen LogP contribution in [0, 0.1) is 0 Å². The molecule has 0 aromatic heterocycles. The van der Waals surface area contributed by atoms with Gasteiger partial charge in [-0.3, -0.25) is 9.80 Å². The number of nitrogens with one attached hydrogen (secondary N) is 1. The van der Waals surface area contributed by atoms with E-state index in [1.54, 1.807) is 41.5 Å². The molecule has 8 heteroatoms. The largest absolute Gasteiger partial charge is 0.471 e. The fourth-order valence-electron chi connectivity index (χ4n) is 1.82. The number of benzene rings is 1. The summed E-state index contributed by atoms with van der Waals surface area (Å²) in [5.74, 6) is -2.02. The number of hydrogen-bond donors (Lipinski definition) is 1. The molecule has 0 fully saturated rings. The van der Waals surface area contributed by atoms with E-state index in [1.165, 1.54) is 0 Å². The van der Waals surface area contributed by atoms with Crippen LogP contribution in [0.1, 0.15) is 13.3 Å². The summed E-state index contributed by atoms with van der Waals surface area (Å²) < 4.78 is 36.5. The molecule has 0 spiro atoms. The molecule has 1 unspecified atom stereocenters. The zero-order chi connectivity index (χ0) is 14.9. The van der Waals surface area contributed by atoms with Gasteiger partial charge in [0.05, 0.1) is 11.7 Å². The molecular weight excluding hydrogens is 295 g/mol. The van der Waals surface area contributed by atoms with E-state index in [1.807, 2.05) is 0 Å². The van der Waals surface area contributed by atoms with Crippen molar-refractivity contribution < 1.29 is 18.0 Å². The second-order valence-corrected chi connectivity index (χ2v) is 4.81. The molecule has 1 atom stereocenters. The molecule has 1 heterocycles. The van der Waals surface area contributed by atoms with Gasteiger partial charge in [-0.25, -0.2) is 0 Å². The number of amides is 1. The monoisotopic (exact) mass is 305 g/mol. The zero-order valence-electron chi connectivity index (χ0n) is 10.4. The van der Waals surface area contributed by atoms with E-state index in [2.05, 4.69) is 5.10 Å². The van der Waals surface area contributed by atoms with Crippen LogP contribution in [0.4, 0.5) is 18.9 Å². The van der Waals surface area contributed by atoms with Crippen LogP contribution in [0.3, 0.4) is 0 Å². The van der Waals surface area contributed by atoms with Crippen molar-refractivity contribution in [2.75, 3.05) is 5.01 Å². The van der Waals surface area contributed by atoms with Crippen LogP contribution in [0.25, 0.3) is 0 Å². The summed E-state index contributed by atoms with van der Waals surface area (Å²) in [5, 5.41) is 7.87. The summed E-state index contributed by atoms with van der Waals surface area (Å²) in [6, 6.07) is 6.57. The Morgan fingerprint density at radius 2 is 2.00 bits per heavy atom. The number of hydrazone groups is 1. The second kappa shape index (κ2) is 5.32. The maximum absolute atomic E-state index is 12.2. The fraction of sp³-hybridized carbons (Fsp3) is 0.333. The number of amidine groups is 1. The number of nitrogens with zero attached hydrogens (tertiary/aromatic N) is 2. The minimum absolute atomic E-state index is 0.00484. The SMILES string of the molecule is CC1CC(NC(=O)C(F)(F)F)=NN1c1ccc(Cl)cc1. The molecule has 1 N–H and O–H groups in total. The molecule has 0 bridgehead atoms. The lowest BCUT2D eigenvalue weighted by Crippen LogP contribution is -2.40. The lowest BCUT2D eigenvalue weighted by atomic mass is 10.2. The molecule has 1 aliphatic rings. The summed E-state index contributed by atoms with van der Waals surface area (Å²) in [6.45, 7) is 1.80. The van der Waals surface area contributed by atoms with Gasteiger partial charge in [0.25, 0.3) is 0 Å². The maximum atomic E-state index is 12.2. The average molecular weight is 306 g/mol. The first-order valence-electron chi connectivity index (χ1n) is 5.78. The first-order chi connectivity index (χ1) is 9.27. The topological polar surface area (TPSA) is 44.7 Å². The van der Waals surface area contributed by atoms with Crippen LogP contribution >= 0.6 is 11.6 Å². The molecule has 0 aliphatic carbocycles. The highest BCUT2D eigenvalue weighted by Gasteiger charge is 2.40. The van der Waals surface area contributed by atoms with Crippen LogP contribution in [0.15, 0.2) is 29.4 Å². The van der Waals surface area contributed by atoms with Crippen molar-refractivity contribution in [1.82, 2.24) is 5.32 Å². The van der Waals surface area contributed by atoms with Gasteiger partial charge >= 0.3 is 12.1 Å². The normalized spacial score (nSPS) is 18.9. The van der Waals surface area contributed by atoms with Crippen molar-refractivity contribution in [3.63, 3.8) is 0 Å². The number of anilines is 1. The smallest absolute Gasteiger partial charge is 0.305 e. The molecule has 108 valence electrons. The van der Waals surface area contributed by atoms with Crippen molar-refractivity contribution in [3.05, 3.63) is 29.3 Å². The van der Waals surface area contributed by atoms with Gasteiger partial charge in [0.2, 0.25) is 0 Å². The fourth-order valence-corrected chi connectivity index (χ4v) is 1.95. The number of halogens is 4. The molecule has 20 heavy (non-hydrogen) atoms. The number of rotatable bonds is 1. The molecule has 0 radical (unpaired) electrons. The van der Waals surface area contributed by atoms with Crippen molar-refractivity contribution in [3.8, 4) is 0 Å². The van der Waals surface area contributed by atoms with E-state index in [-0.39, 0.29) is 18.3 Å². The second-order valence-electron chi connectivity index (χ2n) is 4.37. The van der Waals surface area contributed by atoms with Gasteiger partial charge in [0, 0.05) is 11.4 Å². The predicted molar refractivity (Wildman–Crippen MR) is 69.6 cm³/mol. The van der Waals surface area contributed by atoms with Crippen LogP contribution in [0.2, 0.25) is 5.02 Å². The molecule has 0 saturated heterocycles.